The number of amides is 5. The Bertz CT molecular complexity index is 5900. The Labute approximate surface area is 715 Å². The van der Waals surface area contributed by atoms with E-state index in [1.807, 2.05) is 13.0 Å². The number of phenolic OH excluding ortho intramolecular Hbond substituents is 3. The Morgan fingerprint density at radius 3 is 1.26 bits per heavy atom. The molecule has 29 nitrogen and oxygen atoms in total. The molecule has 0 radical (unpaired) electrons. The number of thiazole rings is 5. The van der Waals surface area contributed by atoms with Gasteiger partial charge in [0.05, 0.1) is 107 Å². The molecule has 5 aromatic heterocycles. The Morgan fingerprint density at radius 1 is 0.433 bits per heavy atom. The second kappa shape index (κ2) is 43.5. The number of aryl methyl sites for hydroxylation is 2. The molecule has 42 heteroatoms. The highest BCUT2D eigenvalue weighted by Crippen LogP contribution is 2.42. The molecule has 13 rings (SSSR count). The van der Waals surface area contributed by atoms with Crippen LogP contribution >= 0.6 is 56.7 Å². The fraction of sp³-hybridized carbons (Fsp3) is 0.179. The van der Waals surface area contributed by atoms with Gasteiger partial charge >= 0.3 is 11.9 Å². The number of carbonyl (C=O) groups excluding carboxylic acids is 7. The Balaban J connectivity index is 0.000000172. The number of phenols is 3. The van der Waals surface area contributed by atoms with E-state index >= 15 is 0 Å². The molecule has 5 heterocycles. The van der Waals surface area contributed by atoms with Crippen LogP contribution in [-0.2, 0) is 76.8 Å². The predicted molar refractivity (Wildman–Crippen MR) is 455 cm³/mol. The third kappa shape index (κ3) is 27.8. The summed E-state index contributed by atoms with van der Waals surface area (Å²) in [6.07, 6.45) is 15.5. The van der Waals surface area contributed by atoms with Crippen LogP contribution in [0.1, 0.15) is 112 Å². The molecule has 0 spiro atoms. The molecule has 1 fully saturated rings. The summed E-state index contributed by atoms with van der Waals surface area (Å²) in [4.78, 5) is 104. The molecule has 5 amide bonds. The van der Waals surface area contributed by atoms with Crippen molar-refractivity contribution in [3.63, 3.8) is 0 Å². The molecule has 1 saturated carbocycles. The smallest absolute Gasteiger partial charge is 0.308 e. The Morgan fingerprint density at radius 2 is 0.833 bits per heavy atom. The van der Waals surface area contributed by atoms with E-state index in [2.05, 4.69) is 51.5 Å². The minimum Gasteiger partial charge on any atom is -0.507 e. The van der Waals surface area contributed by atoms with Crippen molar-refractivity contribution in [1.29, 1.82) is 0 Å². The van der Waals surface area contributed by atoms with Crippen molar-refractivity contribution in [2.75, 3.05) is 57.9 Å². The summed E-state index contributed by atoms with van der Waals surface area (Å²) in [6.45, 7) is 6.20. The lowest BCUT2D eigenvalue weighted by atomic mass is 10.1. The first-order chi connectivity index (χ1) is 57.0. The van der Waals surface area contributed by atoms with Crippen LogP contribution < -0.4 is 45.5 Å². The molecule has 7 aromatic carbocycles. The highest BCUT2D eigenvalue weighted by molar-refractivity contribution is 7.87. The van der Waals surface area contributed by atoms with Gasteiger partial charge < -0.3 is 34.3 Å². The third-order valence-electron chi connectivity index (χ3n) is 15.7. The van der Waals surface area contributed by atoms with Gasteiger partial charge in [-0.15, -0.1) is 11.3 Å². The topological polar surface area (TPSA) is 427 Å². The standard InChI is InChI=1S/C20H17FN2O5S2.C18H15FN2O4S2.C16H16N2O4S2.C12H11FN2O3S2.C12H12N2O3S2/c1-12(24)28-17-8-7-15(27-11-13-3-5-14(21)6-4-13)9-16(17)19(25)23-20-22-10-18(29-20)30(2)26;1-27(24)16-9-20-18(26-16)21-17(23)14-8-13(6-7-15(14)22)25-10-11-2-4-12(19)5-3-11;1-9(19)22-13-7-11(10-3-4-10)5-6-12(13)15(20)18-16-17-14(8-23-16)24(2)21;1-6-3-7(13)4-8(10(6)16)11(17)15-12-14-5-9(19-12)20(2)18;1-7-3-4-9(15)8(5-7)11(16)14-12-13-6-10(18-12)19(2)17/h3-10H,11H2,1-2H3,(H,22,23,25);2-9,22H,10H2,1H3,(H,20,21,23);5-8,10H,3-4H2,1-2H3,(H,17,18,20);3-5,16H,1-2H3,(H,14,15,17);3-6,15H,1-2H3,(H,13,14,16). The lowest BCUT2D eigenvalue weighted by molar-refractivity contribution is -0.132. The van der Waals surface area contributed by atoms with Gasteiger partial charge in [-0.2, -0.15) is 0 Å². The van der Waals surface area contributed by atoms with Crippen molar-refractivity contribution >= 4 is 178 Å². The predicted octanol–water partition coefficient (Wildman–Crippen LogP) is 14.7. The van der Waals surface area contributed by atoms with E-state index in [0.717, 1.165) is 92.6 Å². The molecule has 0 saturated heterocycles. The summed E-state index contributed by atoms with van der Waals surface area (Å²) in [5.41, 5.74) is 4.09. The zero-order chi connectivity index (χ0) is 87.2. The molecule has 0 aliphatic heterocycles. The number of rotatable bonds is 24. The summed E-state index contributed by atoms with van der Waals surface area (Å²) in [6, 6.07) is 32.6. The number of hydrogen-bond acceptors (Lipinski definition) is 29. The van der Waals surface area contributed by atoms with Crippen LogP contribution in [-0.4, -0.2) is 134 Å². The summed E-state index contributed by atoms with van der Waals surface area (Å²) in [5, 5.41) is 45.8. The summed E-state index contributed by atoms with van der Waals surface area (Å²) < 4.78 is 120. The van der Waals surface area contributed by atoms with Gasteiger partial charge in [-0.1, -0.05) is 87.3 Å². The fourth-order valence-electron chi connectivity index (χ4n) is 9.75. The van der Waals surface area contributed by atoms with Gasteiger partial charge in [-0.25, -0.2) is 38.1 Å². The van der Waals surface area contributed by atoms with E-state index in [-0.39, 0.29) is 102 Å². The van der Waals surface area contributed by atoms with E-state index in [4.69, 9.17) is 18.9 Å². The summed E-state index contributed by atoms with van der Waals surface area (Å²) >= 11 is 5.58. The number of benzene rings is 7. The van der Waals surface area contributed by atoms with E-state index in [1.165, 1.54) is 143 Å². The molecule has 5 unspecified atom stereocenters. The monoisotopic (exact) mass is 1830 g/mol. The molecule has 0 bridgehead atoms. The maximum Gasteiger partial charge on any atom is 0.308 e. The van der Waals surface area contributed by atoms with Gasteiger partial charge in [-0.05, 0) is 152 Å². The number of hydrogen-bond donors (Lipinski definition) is 8. The first kappa shape index (κ1) is 92.4. The maximum absolute atomic E-state index is 13.3. The van der Waals surface area contributed by atoms with E-state index < -0.39 is 101 Å². The first-order valence-electron chi connectivity index (χ1n) is 34.6. The normalized spacial score (nSPS) is 12.5. The number of anilines is 5. The van der Waals surface area contributed by atoms with Crippen molar-refractivity contribution in [2.45, 2.75) is 81.5 Å². The van der Waals surface area contributed by atoms with Gasteiger partial charge in [0.25, 0.3) is 29.5 Å². The lowest BCUT2D eigenvalue weighted by Crippen LogP contribution is -2.15. The van der Waals surface area contributed by atoms with Crippen molar-refractivity contribution in [3.8, 4) is 40.2 Å². The molecule has 1 aliphatic carbocycles. The maximum atomic E-state index is 13.3. The van der Waals surface area contributed by atoms with Gasteiger partial charge in [0.1, 0.15) is 92.8 Å². The highest BCUT2D eigenvalue weighted by Gasteiger charge is 2.27. The second-order valence-electron chi connectivity index (χ2n) is 25.0. The van der Waals surface area contributed by atoms with E-state index in [1.54, 1.807) is 66.2 Å². The van der Waals surface area contributed by atoms with E-state index in [9.17, 15) is 83.1 Å². The van der Waals surface area contributed by atoms with Gasteiger partial charge in [0.2, 0.25) is 0 Å². The largest absolute Gasteiger partial charge is 0.507 e. The SMILES string of the molecule is CC(=O)Oc1cc(C2CC2)ccc1C(=O)Nc1nc(S(C)=O)cs1.CC(=O)Oc1ccc(OCc2ccc(F)cc2)cc1C(=O)Nc1ncc(S(C)=O)s1.CS(=O)c1cnc(NC(=O)c2cc(OCc3ccc(F)cc3)ccc2O)s1.Cc1cc(F)cc(C(=O)Nc2ncc(S(C)=O)s2)c1O.Cc1ccc(O)c(C(=O)Nc2ncc(S(C)=O)s2)c1. The lowest BCUT2D eigenvalue weighted by Gasteiger charge is -2.12. The number of aromatic nitrogens is 5. The number of nitrogens with one attached hydrogen (secondary N) is 5. The molecular weight excluding hydrogens is 1760 g/mol. The van der Waals surface area contributed by atoms with Crippen molar-refractivity contribution < 1.29 is 102 Å². The summed E-state index contributed by atoms with van der Waals surface area (Å²) in [7, 11) is -5.91. The minimum absolute atomic E-state index is 0.0148. The van der Waals surface area contributed by atoms with Crippen molar-refractivity contribution in [1.82, 2.24) is 24.9 Å². The molecule has 1 aliphatic rings. The molecular formula is C78H71F3N10O19S10. The van der Waals surface area contributed by atoms with E-state index in [0.29, 0.717) is 49.5 Å². The van der Waals surface area contributed by atoms with Crippen LogP contribution in [0.5, 0.6) is 40.2 Å². The number of ether oxygens (including phenoxy) is 4. The third-order valence-corrected chi connectivity index (χ3v) is 26.7. The quantitative estimate of drug-likeness (QED) is 0.0206. The number of esters is 2. The molecule has 12 aromatic rings. The highest BCUT2D eigenvalue weighted by atomic mass is 32.2. The minimum atomic E-state index is -1.21. The molecule has 120 heavy (non-hydrogen) atoms. The average molecular weight is 1830 g/mol. The first-order valence-corrected chi connectivity index (χ1v) is 46.5. The number of aromatic hydroxyl groups is 3. The Hall–Kier alpha value is -11.5. The summed E-state index contributed by atoms with van der Waals surface area (Å²) in [5.74, 6) is -4.07. The van der Waals surface area contributed by atoms with Crippen LogP contribution in [0.25, 0.3) is 0 Å². The molecule has 628 valence electrons. The molecule has 8 N–H and O–H groups in total. The number of halogens is 3. The van der Waals surface area contributed by atoms with Gasteiger partial charge in [0.15, 0.2) is 25.7 Å². The second-order valence-corrected chi connectivity index (χ2v) is 37.7. The van der Waals surface area contributed by atoms with Gasteiger partial charge in [-0.3, -0.25) is 81.2 Å². The fourth-order valence-corrected chi connectivity index (χ4v) is 17.1. The van der Waals surface area contributed by atoms with Crippen LogP contribution in [0.2, 0.25) is 0 Å². The zero-order valence-electron chi connectivity index (χ0n) is 64.3. The van der Waals surface area contributed by atoms with Crippen LogP contribution in [0.3, 0.4) is 0 Å². The zero-order valence-corrected chi connectivity index (χ0v) is 72.5. The number of nitrogens with zero attached hydrogens (tertiary/aromatic N) is 5. The van der Waals surface area contributed by atoms with Crippen molar-refractivity contribution in [3.05, 3.63) is 237 Å². The van der Waals surface area contributed by atoms with Gasteiger partial charge in [0, 0.05) is 50.5 Å². The van der Waals surface area contributed by atoms with Crippen LogP contribution in [0, 0.1) is 31.3 Å². The Kier molecular flexibility index (Phi) is 33.5. The average Bonchev–Trinajstić information content (AvgIpc) is 1.72. The van der Waals surface area contributed by atoms with Crippen LogP contribution in [0.4, 0.5) is 38.8 Å². The number of carbonyl (C=O) groups is 7. The van der Waals surface area contributed by atoms with Crippen molar-refractivity contribution in [2.24, 2.45) is 0 Å². The van der Waals surface area contributed by atoms with Crippen LogP contribution in [0.15, 0.2) is 185 Å². The molecule has 5 atom stereocenters.